The summed E-state index contributed by atoms with van der Waals surface area (Å²) in [5.74, 6) is 2.80. The molecule has 3 nitrogen and oxygen atoms in total. The van der Waals surface area contributed by atoms with E-state index in [2.05, 4.69) is 34.6 Å². The molecule has 3 unspecified atom stereocenters. The molecule has 0 aromatic heterocycles. The van der Waals surface area contributed by atoms with Gasteiger partial charge in [0.2, 0.25) is 0 Å². The Morgan fingerprint density at radius 3 is 1.24 bits per heavy atom. The van der Waals surface area contributed by atoms with Crippen molar-refractivity contribution < 1.29 is 13.0 Å². The fraction of sp³-hybridized carbons (Fsp3) is 1.00. The maximum atomic E-state index is 10.6. The summed E-state index contributed by atoms with van der Waals surface area (Å²) in [5.41, 5.74) is 0. The Morgan fingerprint density at radius 1 is 0.600 bits per heavy atom. The number of rotatable bonds is 16. The predicted octanol–water partition coefficient (Wildman–Crippen LogP) is 6.39. The van der Waals surface area contributed by atoms with E-state index in [0.29, 0.717) is 12.3 Å². The second kappa shape index (κ2) is 14.0. The summed E-state index contributed by atoms with van der Waals surface area (Å²) >= 11 is 0. The van der Waals surface area contributed by atoms with Crippen molar-refractivity contribution in [3.63, 3.8) is 0 Å². The van der Waals surface area contributed by atoms with Gasteiger partial charge in [-0.25, -0.2) is 8.42 Å². The summed E-state index contributed by atoms with van der Waals surface area (Å²) in [6, 6.07) is 0. The van der Waals surface area contributed by atoms with Crippen LogP contribution in [0.1, 0.15) is 105 Å². The molecule has 152 valence electrons. The molecular weight excluding hydrogens is 332 g/mol. The Hall–Kier alpha value is -0.0900. The molecule has 4 heteroatoms. The van der Waals surface area contributed by atoms with Gasteiger partial charge in [0.15, 0.2) is 0 Å². The third kappa shape index (κ3) is 18.5. The molecule has 0 aromatic carbocycles. The van der Waals surface area contributed by atoms with Gasteiger partial charge in [-0.2, -0.15) is 0 Å². The van der Waals surface area contributed by atoms with E-state index in [9.17, 15) is 13.0 Å². The Morgan fingerprint density at radius 2 is 0.920 bits per heavy atom. The molecule has 25 heavy (non-hydrogen) atoms. The van der Waals surface area contributed by atoms with E-state index in [-0.39, 0.29) is 5.75 Å². The van der Waals surface area contributed by atoms with Gasteiger partial charge in [-0.15, -0.1) is 0 Å². The predicted molar refractivity (Wildman–Crippen MR) is 108 cm³/mol. The largest absolute Gasteiger partial charge is 0.748 e. The summed E-state index contributed by atoms with van der Waals surface area (Å²) in [6.07, 6.45) is 13.2. The van der Waals surface area contributed by atoms with Crippen molar-refractivity contribution in [1.82, 2.24) is 0 Å². The highest BCUT2D eigenvalue weighted by Crippen LogP contribution is 2.23. The Kier molecular flexibility index (Phi) is 14.0. The molecule has 0 fully saturated rings. The van der Waals surface area contributed by atoms with Gasteiger partial charge in [-0.05, 0) is 36.5 Å². The summed E-state index contributed by atoms with van der Waals surface area (Å²) in [5, 5.41) is 0. The molecule has 0 heterocycles. The van der Waals surface area contributed by atoms with Gasteiger partial charge in [0, 0.05) is 5.75 Å². The Balaban J connectivity index is 3.58. The quantitative estimate of drug-likeness (QED) is 0.294. The highest BCUT2D eigenvalue weighted by atomic mass is 32.2. The average molecular weight is 376 g/mol. The molecule has 0 aliphatic rings. The lowest BCUT2D eigenvalue weighted by atomic mass is 9.90. The first kappa shape index (κ1) is 24.9. The number of hydrogen-bond donors (Lipinski definition) is 0. The molecule has 0 aromatic rings. The third-order valence-corrected chi connectivity index (χ3v) is 6.15. The molecule has 0 saturated heterocycles. The minimum Gasteiger partial charge on any atom is -0.748 e. The minimum atomic E-state index is -4.03. The molecule has 0 aliphatic heterocycles. The molecule has 0 radical (unpaired) electrons. The van der Waals surface area contributed by atoms with Crippen LogP contribution in [0.25, 0.3) is 0 Å². The van der Waals surface area contributed by atoms with Gasteiger partial charge in [-0.1, -0.05) is 92.4 Å². The van der Waals surface area contributed by atoms with E-state index in [1.807, 2.05) is 0 Å². The van der Waals surface area contributed by atoms with Crippen molar-refractivity contribution in [2.45, 2.75) is 105 Å². The van der Waals surface area contributed by atoms with Gasteiger partial charge in [0.05, 0.1) is 10.1 Å². The second-order valence-electron chi connectivity index (χ2n) is 8.91. The van der Waals surface area contributed by atoms with E-state index < -0.39 is 10.1 Å². The zero-order chi connectivity index (χ0) is 19.3. The van der Waals surface area contributed by atoms with E-state index in [1.165, 1.54) is 51.4 Å². The lowest BCUT2D eigenvalue weighted by molar-refractivity contribution is 0.373. The van der Waals surface area contributed by atoms with Gasteiger partial charge in [0.25, 0.3) is 0 Å². The van der Waals surface area contributed by atoms with Crippen molar-refractivity contribution in [3.05, 3.63) is 0 Å². The Labute approximate surface area is 158 Å². The maximum Gasteiger partial charge on any atom is 0.0945 e. The second-order valence-corrected chi connectivity index (χ2v) is 10.4. The van der Waals surface area contributed by atoms with Crippen molar-refractivity contribution in [1.29, 1.82) is 0 Å². The summed E-state index contributed by atoms with van der Waals surface area (Å²) in [6.45, 7) is 11.5. The normalized spacial score (nSPS) is 16.1. The zero-order valence-electron chi connectivity index (χ0n) is 17.4. The highest BCUT2D eigenvalue weighted by molar-refractivity contribution is 7.85. The summed E-state index contributed by atoms with van der Waals surface area (Å²) in [4.78, 5) is 0. The number of hydrogen-bond acceptors (Lipinski definition) is 3. The van der Waals surface area contributed by atoms with E-state index in [4.69, 9.17) is 0 Å². The SMILES string of the molecule is CC(C)CCCC(C)CCCC(C)CCCC(C)CCCS(=O)(=O)[O-]. The third-order valence-electron chi connectivity index (χ3n) is 5.36. The van der Waals surface area contributed by atoms with Gasteiger partial charge in [-0.3, -0.25) is 0 Å². The first-order chi connectivity index (χ1) is 11.6. The van der Waals surface area contributed by atoms with Crippen molar-refractivity contribution in [3.8, 4) is 0 Å². The van der Waals surface area contributed by atoms with Crippen LogP contribution < -0.4 is 0 Å². The topological polar surface area (TPSA) is 57.2 Å². The minimum absolute atomic E-state index is 0.205. The van der Waals surface area contributed by atoms with Crippen LogP contribution in [-0.4, -0.2) is 18.7 Å². The molecule has 0 N–H and O–H groups in total. The van der Waals surface area contributed by atoms with Crippen molar-refractivity contribution >= 4 is 10.1 Å². The first-order valence-electron chi connectivity index (χ1n) is 10.5. The zero-order valence-corrected chi connectivity index (χ0v) is 18.2. The van der Waals surface area contributed by atoms with Crippen LogP contribution in [0.2, 0.25) is 0 Å². The van der Waals surface area contributed by atoms with E-state index >= 15 is 0 Å². The van der Waals surface area contributed by atoms with Gasteiger partial charge in [0.1, 0.15) is 0 Å². The van der Waals surface area contributed by atoms with E-state index in [0.717, 1.165) is 30.6 Å². The Bertz CT molecular complexity index is 403. The van der Waals surface area contributed by atoms with Crippen LogP contribution in [0.3, 0.4) is 0 Å². The smallest absolute Gasteiger partial charge is 0.0945 e. The molecule has 0 rings (SSSR count). The van der Waals surface area contributed by atoms with Crippen molar-refractivity contribution in [2.75, 3.05) is 5.75 Å². The van der Waals surface area contributed by atoms with Crippen LogP contribution in [0, 0.1) is 23.7 Å². The molecule has 0 bridgehead atoms. The lowest BCUT2D eigenvalue weighted by Crippen LogP contribution is -2.06. The van der Waals surface area contributed by atoms with Crippen LogP contribution >= 0.6 is 0 Å². The molecule has 0 saturated carbocycles. The van der Waals surface area contributed by atoms with Crippen LogP contribution in [-0.2, 0) is 10.1 Å². The van der Waals surface area contributed by atoms with Crippen LogP contribution in [0.5, 0.6) is 0 Å². The maximum absolute atomic E-state index is 10.6. The monoisotopic (exact) mass is 375 g/mol. The first-order valence-corrected chi connectivity index (χ1v) is 12.1. The van der Waals surface area contributed by atoms with Crippen LogP contribution in [0.4, 0.5) is 0 Å². The standard InChI is InChI=1S/C21H44O3S/c1-18(2)10-6-11-19(3)12-7-13-20(4)14-8-15-21(5)16-9-17-25(22,23)24/h18-21H,6-17H2,1-5H3,(H,22,23,24)/p-1. The molecule has 0 amide bonds. The van der Waals surface area contributed by atoms with Gasteiger partial charge < -0.3 is 4.55 Å². The molecular formula is C21H43O3S-. The lowest BCUT2D eigenvalue weighted by Gasteiger charge is -2.16. The molecule has 3 atom stereocenters. The highest BCUT2D eigenvalue weighted by Gasteiger charge is 2.08. The fourth-order valence-electron chi connectivity index (χ4n) is 3.55. The molecule has 0 aliphatic carbocycles. The molecule has 0 spiro atoms. The fourth-order valence-corrected chi connectivity index (χ4v) is 4.07. The van der Waals surface area contributed by atoms with Crippen LogP contribution in [0.15, 0.2) is 0 Å². The van der Waals surface area contributed by atoms with Gasteiger partial charge >= 0.3 is 0 Å². The summed E-state index contributed by atoms with van der Waals surface area (Å²) in [7, 11) is -4.03. The average Bonchev–Trinajstić information content (AvgIpc) is 2.45. The van der Waals surface area contributed by atoms with E-state index in [1.54, 1.807) is 0 Å². The summed E-state index contributed by atoms with van der Waals surface area (Å²) < 4.78 is 31.8. The van der Waals surface area contributed by atoms with Crippen molar-refractivity contribution in [2.24, 2.45) is 23.7 Å².